The first-order valence-electron chi connectivity index (χ1n) is 6.20. The second-order valence-corrected chi connectivity index (χ2v) is 9.13. The molecule has 1 fully saturated rings. The lowest BCUT2D eigenvalue weighted by molar-refractivity contribution is 0.579. The van der Waals surface area contributed by atoms with E-state index in [-0.39, 0.29) is 11.3 Å². The molecule has 19 heavy (non-hydrogen) atoms. The van der Waals surface area contributed by atoms with E-state index >= 15 is 0 Å². The number of sulfone groups is 1. The molecule has 0 aromatic heterocycles. The lowest BCUT2D eigenvalue weighted by Gasteiger charge is -2.22. The predicted molar refractivity (Wildman–Crippen MR) is 86.5 cm³/mol. The largest absolute Gasteiger partial charge is 0.379 e. The summed E-state index contributed by atoms with van der Waals surface area (Å²) in [4.78, 5) is 0. The number of rotatable bonds is 3. The van der Waals surface area contributed by atoms with Crippen molar-refractivity contribution >= 4 is 47.4 Å². The minimum Gasteiger partial charge on any atom is -0.379 e. The summed E-state index contributed by atoms with van der Waals surface area (Å²) < 4.78 is 25.5. The maximum absolute atomic E-state index is 11.8. The van der Waals surface area contributed by atoms with Gasteiger partial charge in [0.15, 0.2) is 9.84 Å². The van der Waals surface area contributed by atoms with Crippen LogP contribution in [0.25, 0.3) is 0 Å². The van der Waals surface area contributed by atoms with Gasteiger partial charge in [-0.05, 0) is 75.7 Å². The highest BCUT2D eigenvalue weighted by atomic mass is 79.9. The molecule has 0 amide bonds. The summed E-state index contributed by atoms with van der Waals surface area (Å²) in [5, 5.41) is 3.10. The second-order valence-electron chi connectivity index (χ2n) is 5.15. The molecular formula is C13H17Br2NO2S. The molecule has 0 spiro atoms. The number of nitrogens with one attached hydrogen (secondary N) is 1. The lowest BCUT2D eigenvalue weighted by atomic mass is 10.2. The fourth-order valence-electron chi connectivity index (χ4n) is 2.63. The summed E-state index contributed by atoms with van der Waals surface area (Å²) in [6.45, 7) is 2.02. The molecule has 3 nitrogen and oxygen atoms in total. The average molecular weight is 411 g/mol. The third kappa shape index (κ3) is 3.52. The van der Waals surface area contributed by atoms with Gasteiger partial charge in [-0.25, -0.2) is 8.42 Å². The molecule has 1 aliphatic rings. The molecule has 1 aromatic rings. The van der Waals surface area contributed by atoms with E-state index in [9.17, 15) is 8.42 Å². The summed E-state index contributed by atoms with van der Waals surface area (Å²) in [7, 11) is -3.00. The summed E-state index contributed by atoms with van der Waals surface area (Å²) >= 11 is 7.07. The van der Waals surface area contributed by atoms with Gasteiger partial charge in [-0.3, -0.25) is 0 Å². The molecule has 1 aliphatic carbocycles. The fraction of sp³-hybridized carbons (Fsp3) is 0.538. The minimum absolute atomic E-state index is 0.00898. The van der Waals surface area contributed by atoms with Crippen LogP contribution in [0.3, 0.4) is 0 Å². The topological polar surface area (TPSA) is 46.2 Å². The smallest absolute Gasteiger partial charge is 0.152 e. The van der Waals surface area contributed by atoms with Gasteiger partial charge in [0.05, 0.1) is 10.9 Å². The first-order chi connectivity index (χ1) is 8.79. The molecule has 1 aromatic carbocycles. The van der Waals surface area contributed by atoms with Crippen LogP contribution in [-0.2, 0) is 9.84 Å². The van der Waals surface area contributed by atoms with Crippen LogP contribution < -0.4 is 5.32 Å². The van der Waals surface area contributed by atoms with Crippen LogP contribution in [0.5, 0.6) is 0 Å². The van der Waals surface area contributed by atoms with E-state index in [1.807, 2.05) is 19.1 Å². The second kappa shape index (κ2) is 5.74. The van der Waals surface area contributed by atoms with E-state index in [1.165, 1.54) is 6.26 Å². The number of aryl methyl sites for hydroxylation is 1. The number of hydrogen-bond donors (Lipinski definition) is 1. The van der Waals surface area contributed by atoms with Gasteiger partial charge in [0, 0.05) is 21.2 Å². The maximum Gasteiger partial charge on any atom is 0.152 e. The molecule has 2 atom stereocenters. The molecule has 2 rings (SSSR count). The number of halogens is 2. The Labute approximate surface area is 131 Å². The Bertz CT molecular complexity index is 563. The van der Waals surface area contributed by atoms with Crippen molar-refractivity contribution in [3.63, 3.8) is 0 Å². The SMILES string of the molecule is Cc1cc(Br)c(NC2CCCC2S(C)(=O)=O)c(Br)c1. The van der Waals surface area contributed by atoms with Crippen LogP contribution in [0.2, 0.25) is 0 Å². The van der Waals surface area contributed by atoms with Crippen molar-refractivity contribution in [1.82, 2.24) is 0 Å². The van der Waals surface area contributed by atoms with Crippen LogP contribution in [0.1, 0.15) is 24.8 Å². The van der Waals surface area contributed by atoms with Crippen molar-refractivity contribution in [2.24, 2.45) is 0 Å². The third-order valence-corrected chi connectivity index (χ3v) is 6.43. The van der Waals surface area contributed by atoms with Crippen molar-refractivity contribution in [3.8, 4) is 0 Å². The predicted octanol–water partition coefficient (Wildman–Crippen LogP) is 3.90. The number of anilines is 1. The Morgan fingerprint density at radius 1 is 1.21 bits per heavy atom. The van der Waals surface area contributed by atoms with Gasteiger partial charge < -0.3 is 5.32 Å². The molecule has 0 heterocycles. The quantitative estimate of drug-likeness (QED) is 0.821. The van der Waals surface area contributed by atoms with Crippen molar-refractivity contribution < 1.29 is 8.42 Å². The summed E-state index contributed by atoms with van der Waals surface area (Å²) in [6, 6.07) is 4.04. The standard InChI is InChI=1S/C13H17Br2NO2S/c1-8-6-9(14)13(10(15)7-8)16-11-4-3-5-12(11)19(2,17)18/h6-7,11-12,16H,3-5H2,1-2H3. The zero-order valence-electron chi connectivity index (χ0n) is 10.9. The Hall–Kier alpha value is -0.0700. The van der Waals surface area contributed by atoms with Crippen molar-refractivity contribution in [1.29, 1.82) is 0 Å². The van der Waals surface area contributed by atoms with E-state index in [4.69, 9.17) is 0 Å². The normalized spacial score (nSPS) is 23.6. The molecule has 0 saturated heterocycles. The summed E-state index contributed by atoms with van der Waals surface area (Å²) in [6.07, 6.45) is 3.93. The van der Waals surface area contributed by atoms with Gasteiger partial charge in [0.25, 0.3) is 0 Å². The molecule has 2 unspecified atom stereocenters. The summed E-state index contributed by atoms with van der Waals surface area (Å²) in [5.74, 6) is 0. The van der Waals surface area contributed by atoms with Gasteiger partial charge in [0.1, 0.15) is 0 Å². The molecule has 1 saturated carbocycles. The highest BCUT2D eigenvalue weighted by Gasteiger charge is 2.35. The first-order valence-corrected chi connectivity index (χ1v) is 9.74. The fourth-order valence-corrected chi connectivity index (χ4v) is 5.67. The van der Waals surface area contributed by atoms with Crippen LogP contribution in [0, 0.1) is 6.92 Å². The lowest BCUT2D eigenvalue weighted by Crippen LogP contribution is -2.34. The van der Waals surface area contributed by atoms with Crippen LogP contribution in [0.15, 0.2) is 21.1 Å². The summed E-state index contributed by atoms with van der Waals surface area (Å²) in [5.41, 5.74) is 2.08. The van der Waals surface area contributed by atoms with Gasteiger partial charge in [-0.1, -0.05) is 0 Å². The Balaban J connectivity index is 2.27. The van der Waals surface area contributed by atoms with Crippen LogP contribution in [-0.4, -0.2) is 26.0 Å². The molecule has 6 heteroatoms. The molecule has 1 N–H and O–H groups in total. The highest BCUT2D eigenvalue weighted by molar-refractivity contribution is 9.11. The van der Waals surface area contributed by atoms with Crippen LogP contribution in [0.4, 0.5) is 5.69 Å². The van der Waals surface area contributed by atoms with Gasteiger partial charge in [0.2, 0.25) is 0 Å². The van der Waals surface area contributed by atoms with Gasteiger partial charge in [-0.15, -0.1) is 0 Å². The zero-order valence-corrected chi connectivity index (χ0v) is 14.9. The Kier molecular flexibility index (Phi) is 4.63. The molecule has 0 radical (unpaired) electrons. The van der Waals surface area contributed by atoms with Gasteiger partial charge >= 0.3 is 0 Å². The van der Waals surface area contributed by atoms with E-state index in [1.54, 1.807) is 0 Å². The first kappa shape index (κ1) is 15.3. The third-order valence-electron chi connectivity index (χ3n) is 3.52. The minimum atomic E-state index is -3.00. The molecule has 106 valence electrons. The van der Waals surface area contributed by atoms with Crippen LogP contribution >= 0.6 is 31.9 Å². The molecule has 0 bridgehead atoms. The van der Waals surface area contributed by atoms with E-state index < -0.39 is 9.84 Å². The number of hydrogen-bond acceptors (Lipinski definition) is 3. The van der Waals surface area contributed by atoms with Crippen molar-refractivity contribution in [3.05, 3.63) is 26.6 Å². The maximum atomic E-state index is 11.8. The average Bonchev–Trinajstić information content (AvgIpc) is 2.70. The monoisotopic (exact) mass is 409 g/mol. The van der Waals surface area contributed by atoms with Gasteiger partial charge in [-0.2, -0.15) is 0 Å². The van der Waals surface area contributed by atoms with E-state index in [0.717, 1.165) is 39.5 Å². The van der Waals surface area contributed by atoms with Crippen molar-refractivity contribution in [2.75, 3.05) is 11.6 Å². The Morgan fingerprint density at radius 2 is 1.79 bits per heavy atom. The Morgan fingerprint density at radius 3 is 2.32 bits per heavy atom. The van der Waals surface area contributed by atoms with E-state index in [2.05, 4.69) is 37.2 Å². The zero-order chi connectivity index (χ0) is 14.2. The molecule has 0 aliphatic heterocycles. The van der Waals surface area contributed by atoms with E-state index in [0.29, 0.717) is 0 Å². The highest BCUT2D eigenvalue weighted by Crippen LogP contribution is 2.36. The number of benzene rings is 1. The molecular weight excluding hydrogens is 394 g/mol. The van der Waals surface area contributed by atoms with Crippen molar-refractivity contribution in [2.45, 2.75) is 37.5 Å².